The molecule has 0 radical (unpaired) electrons. The largest absolute Gasteiger partial charge is 0.760 e. The molecule has 5 aliphatic heterocycles. The van der Waals surface area contributed by atoms with Crippen molar-refractivity contribution in [2.75, 3.05) is 65.4 Å². The molecule has 0 saturated carbocycles. The number of carbonyl (C=O) groups excluding carboxylic acids is 1. The Morgan fingerprint density at radius 1 is 0.430 bits per heavy atom. The summed E-state index contributed by atoms with van der Waals surface area (Å²) in [5.41, 5.74) is 1.14. The highest BCUT2D eigenvalue weighted by molar-refractivity contribution is 9.10. The van der Waals surface area contributed by atoms with Crippen LogP contribution in [0.25, 0.3) is 5.57 Å². The smallest absolute Gasteiger partial charge is 0.417 e. The molecule has 0 amide bonds. The zero-order valence-electron chi connectivity index (χ0n) is 58.4. The molecule has 576 valence electrons. The lowest BCUT2D eigenvalue weighted by molar-refractivity contribution is -0.142. The Morgan fingerprint density at radius 3 is 1.21 bits per heavy atom. The maximum absolute atomic E-state index is 13.2. The Bertz CT molecular complexity index is 4080. The average Bonchev–Trinajstić information content (AvgIpc) is 0.791. The summed E-state index contributed by atoms with van der Waals surface area (Å²) in [6.07, 6.45) is -14.6. The van der Waals surface area contributed by atoms with Crippen LogP contribution < -0.4 is 5.32 Å². The summed E-state index contributed by atoms with van der Waals surface area (Å²) in [7, 11) is 0. The van der Waals surface area contributed by atoms with Crippen LogP contribution in [0.2, 0.25) is 0 Å². The molecule has 5 heterocycles. The molecule has 0 spiro atoms. The quantitative estimate of drug-likeness (QED) is 0.0975. The summed E-state index contributed by atoms with van der Waals surface area (Å²) in [4.78, 5) is 17.8. The molecular weight excluding hydrogens is 1500 g/mol. The van der Waals surface area contributed by atoms with E-state index in [-0.39, 0.29) is 40.5 Å². The number of aliphatic hydroxyl groups is 1. The topological polar surface area (TPSA) is 102 Å². The second-order valence-electron chi connectivity index (χ2n) is 26.5. The van der Waals surface area contributed by atoms with Crippen molar-refractivity contribution in [1.29, 1.82) is 0 Å². The third kappa shape index (κ3) is 26.6. The van der Waals surface area contributed by atoms with Crippen LogP contribution in [0.15, 0.2) is 223 Å². The molecule has 4 fully saturated rings. The Labute approximate surface area is 625 Å². The van der Waals surface area contributed by atoms with Gasteiger partial charge in [0.05, 0.1) is 33.4 Å². The molecular formula is C81H84BrF15N5O4S-. The van der Waals surface area contributed by atoms with E-state index in [1.807, 2.05) is 60.7 Å². The summed E-state index contributed by atoms with van der Waals surface area (Å²) >= 11 is 0.527. The van der Waals surface area contributed by atoms with E-state index in [4.69, 9.17) is 0 Å². The number of carbonyl (C=O) groups is 1. The van der Waals surface area contributed by atoms with E-state index in [0.29, 0.717) is 68.6 Å². The van der Waals surface area contributed by atoms with Gasteiger partial charge in [0.15, 0.2) is 0 Å². The molecule has 26 heteroatoms. The van der Waals surface area contributed by atoms with Gasteiger partial charge in [0.1, 0.15) is 5.78 Å². The normalized spacial score (nSPS) is 17.7. The van der Waals surface area contributed by atoms with Crippen molar-refractivity contribution in [2.24, 2.45) is 0 Å². The second kappa shape index (κ2) is 39.7. The monoisotopic (exact) mass is 1590 g/mol. The fraction of sp³-hybridized carbons (Fsp3) is 0.370. The molecule has 2 N–H and O–H groups in total. The minimum atomic E-state index is -4.45. The van der Waals surface area contributed by atoms with Gasteiger partial charge in [0.25, 0.3) is 0 Å². The molecule has 0 aliphatic carbocycles. The predicted molar refractivity (Wildman–Crippen MR) is 387 cm³/mol. The van der Waals surface area contributed by atoms with Crippen LogP contribution in [0.1, 0.15) is 136 Å². The number of piperidine rings is 4. The van der Waals surface area contributed by atoms with Crippen LogP contribution in [0, 0.1) is 0 Å². The van der Waals surface area contributed by atoms with E-state index in [2.05, 4.69) is 72.3 Å². The molecule has 5 aliphatic rings. The summed E-state index contributed by atoms with van der Waals surface area (Å²) in [6, 6.07) is 58.4. The van der Waals surface area contributed by atoms with Crippen molar-refractivity contribution in [2.45, 2.75) is 126 Å². The van der Waals surface area contributed by atoms with Crippen molar-refractivity contribution in [3.8, 4) is 0 Å². The lowest BCUT2D eigenvalue weighted by atomic mass is 9.81. The highest BCUT2D eigenvalue weighted by Gasteiger charge is 2.43. The number of Topliss-reactive ketones (excluding diaryl/α,β-unsaturated/α-hetero) is 1. The van der Waals surface area contributed by atoms with E-state index in [1.54, 1.807) is 42.5 Å². The Hall–Kier alpha value is -7.53. The number of hydrogen-bond donors (Lipinski definition) is 2. The van der Waals surface area contributed by atoms with Gasteiger partial charge >= 0.3 is 30.9 Å². The van der Waals surface area contributed by atoms with Crippen molar-refractivity contribution in [1.82, 2.24) is 24.3 Å². The summed E-state index contributed by atoms with van der Waals surface area (Å²) in [5.74, 6) is 0.214. The fourth-order valence-electron chi connectivity index (χ4n) is 13.4. The molecule has 0 bridgehead atoms. The lowest BCUT2D eigenvalue weighted by Crippen LogP contribution is -2.43. The number of alkyl halides is 15. The number of ketones is 1. The van der Waals surface area contributed by atoms with Crippen LogP contribution in [0.4, 0.5) is 65.9 Å². The number of benzene rings is 8. The first kappa shape index (κ1) is 85.1. The highest BCUT2D eigenvalue weighted by atomic mass is 79.9. The minimum Gasteiger partial charge on any atom is -0.760 e. The molecule has 8 aromatic rings. The molecule has 1 unspecified atom stereocenters. The van der Waals surface area contributed by atoms with Crippen LogP contribution in [-0.4, -0.2) is 104 Å². The van der Waals surface area contributed by atoms with E-state index in [1.165, 1.54) is 75.6 Å². The Balaban J connectivity index is 0.000000165. The number of nitrogens with one attached hydrogen (secondary N) is 1. The van der Waals surface area contributed by atoms with Gasteiger partial charge in [-0.25, -0.2) is 4.31 Å². The standard InChI is InChI=1S/C19H20F3NO.C19H18F3N.C12H14F3NO2S.C12H14F3N.C12H15NO.C7H4BrF3/c20-19(21,22)17-9-5-4-8-16(17)18(24)10-12-23(13-11-18)14-15-6-2-1-3-7-15;20-19(21,22)18-9-5-4-8-17(18)16-10-12-23(13-11-16)14-15-6-2-1-3-7-15;13-12(14,15)11-4-2-1-3-10(11)9-5-7-16(8-6-9)19(17)18;13-12(14,15)11-4-2-1-3-10(11)9-5-7-16-8-6-9;14-12-6-8-13(9-7-12)10-11-4-2-1-3-5-11;8-6-4-2-1-3-5(6)7(9,10)11/h1-9,24H,10-14H2;1-10H,11-14H2;1-4,9H,5-8H2,(H,17,18);1-4,9,16H,5-8H2;1-5H,6-10H2;1-4H/p-1. The number of hydrogen-bond acceptors (Lipinski definition) is 8. The maximum Gasteiger partial charge on any atom is 0.417 e. The zero-order chi connectivity index (χ0) is 77.4. The average molecular weight is 1590 g/mol. The van der Waals surface area contributed by atoms with Crippen LogP contribution in [0.5, 0.6) is 0 Å². The van der Waals surface area contributed by atoms with Gasteiger partial charge in [-0.15, -0.1) is 0 Å². The molecule has 4 saturated heterocycles. The van der Waals surface area contributed by atoms with Gasteiger partial charge in [0.2, 0.25) is 0 Å². The van der Waals surface area contributed by atoms with Gasteiger partial charge in [-0.1, -0.05) is 198 Å². The lowest BCUT2D eigenvalue weighted by Gasteiger charge is -2.39. The SMILES string of the molecule is FC(F)(F)c1ccccc1Br.FC(F)(F)c1ccccc1C1=CCN(Cc2ccccc2)CC1.FC(F)(F)c1ccccc1C1CCNCC1.O=C1CCN(Cc2ccccc2)CC1.O=S([O-])N1CCC(c2ccccc2C(F)(F)F)CC1.OC1(c2ccccc2C(F)(F)F)CCN(Cc2ccccc2)CC1. The van der Waals surface area contributed by atoms with Crippen molar-refractivity contribution < 1.29 is 84.5 Å². The van der Waals surface area contributed by atoms with Crippen LogP contribution >= 0.6 is 15.9 Å². The highest BCUT2D eigenvalue weighted by Crippen LogP contribution is 2.44. The van der Waals surface area contributed by atoms with Crippen molar-refractivity contribution in [3.63, 3.8) is 0 Å². The zero-order valence-corrected chi connectivity index (χ0v) is 60.8. The second-order valence-corrected chi connectivity index (χ2v) is 28.3. The summed E-state index contributed by atoms with van der Waals surface area (Å²) < 4.78 is 215. The third-order valence-corrected chi connectivity index (χ3v) is 20.5. The third-order valence-electron chi connectivity index (χ3n) is 19.0. The molecule has 0 aromatic heterocycles. The van der Waals surface area contributed by atoms with Crippen molar-refractivity contribution in [3.05, 3.63) is 290 Å². The molecule has 8 aromatic carbocycles. The number of rotatable bonds is 11. The van der Waals surface area contributed by atoms with Gasteiger partial charge < -0.3 is 15.0 Å². The summed E-state index contributed by atoms with van der Waals surface area (Å²) in [5, 5.41) is 14.0. The first-order chi connectivity index (χ1) is 50.8. The molecule has 13 rings (SSSR count). The van der Waals surface area contributed by atoms with E-state index in [9.17, 15) is 84.5 Å². The van der Waals surface area contributed by atoms with Gasteiger partial charge in [-0.2, -0.15) is 65.9 Å². The fourth-order valence-corrected chi connectivity index (χ4v) is 14.5. The Morgan fingerprint density at radius 2 is 0.794 bits per heavy atom. The first-order valence-electron chi connectivity index (χ1n) is 35.0. The van der Waals surface area contributed by atoms with Gasteiger partial charge in [0, 0.05) is 101 Å². The number of likely N-dealkylation sites (tertiary alicyclic amines) is 2. The van der Waals surface area contributed by atoms with Gasteiger partial charge in [-0.05, 0) is 151 Å². The number of halogens is 16. The van der Waals surface area contributed by atoms with E-state index < -0.39 is 75.6 Å². The van der Waals surface area contributed by atoms with E-state index >= 15 is 0 Å². The number of nitrogens with zero attached hydrogens (tertiary/aromatic N) is 4. The van der Waals surface area contributed by atoms with Crippen LogP contribution in [-0.2, 0) is 72.2 Å². The minimum absolute atomic E-state index is 0.00291. The van der Waals surface area contributed by atoms with Crippen LogP contribution in [0.3, 0.4) is 0 Å². The Kier molecular flexibility index (Phi) is 31.6. The predicted octanol–water partition coefficient (Wildman–Crippen LogP) is 20.4. The molecule has 107 heavy (non-hydrogen) atoms. The molecule has 1 atom stereocenters. The maximum atomic E-state index is 13.2. The van der Waals surface area contributed by atoms with Crippen molar-refractivity contribution >= 4 is 38.6 Å². The molecule has 9 nitrogen and oxygen atoms in total. The van der Waals surface area contributed by atoms with Gasteiger partial charge in [-0.3, -0.25) is 23.7 Å². The van der Waals surface area contributed by atoms with E-state index in [0.717, 1.165) is 108 Å². The summed E-state index contributed by atoms with van der Waals surface area (Å²) in [6.45, 7) is 9.13. The first-order valence-corrected chi connectivity index (χ1v) is 36.8.